The number of carbonyl (C=O) groups is 1. The monoisotopic (exact) mass is 403 g/mol. The molecule has 0 bridgehead atoms. The van der Waals surface area contributed by atoms with Crippen molar-refractivity contribution in [3.63, 3.8) is 0 Å². The first-order chi connectivity index (χ1) is 14.5. The van der Waals surface area contributed by atoms with Crippen molar-refractivity contribution in [1.29, 1.82) is 0 Å². The zero-order chi connectivity index (χ0) is 21.1. The van der Waals surface area contributed by atoms with Crippen molar-refractivity contribution in [3.8, 4) is 22.7 Å². The van der Waals surface area contributed by atoms with E-state index in [4.69, 9.17) is 4.74 Å². The van der Waals surface area contributed by atoms with Crippen LogP contribution in [0.25, 0.3) is 22.5 Å². The molecule has 0 unspecified atom stereocenters. The van der Waals surface area contributed by atoms with E-state index in [1.165, 1.54) is 0 Å². The molecule has 1 amide bonds. The molecule has 0 aliphatic heterocycles. The molecule has 7 nitrogen and oxygen atoms in total. The summed E-state index contributed by atoms with van der Waals surface area (Å²) >= 11 is 0. The zero-order valence-corrected chi connectivity index (χ0v) is 17.4. The molecule has 3 heterocycles. The Kier molecular flexibility index (Phi) is 5.54. The molecule has 30 heavy (non-hydrogen) atoms. The van der Waals surface area contributed by atoms with Crippen LogP contribution in [0.4, 0.5) is 0 Å². The summed E-state index contributed by atoms with van der Waals surface area (Å²) in [7, 11) is 5.61. The number of hydrogen-bond acceptors (Lipinski definition) is 4. The first-order valence-electron chi connectivity index (χ1n) is 9.79. The van der Waals surface area contributed by atoms with Crippen LogP contribution >= 0.6 is 0 Å². The molecule has 7 heteroatoms. The van der Waals surface area contributed by atoms with E-state index in [0.717, 1.165) is 34.8 Å². The molecular formula is C23H25N5O2. The number of hydrogen-bond donors (Lipinski definition) is 1. The summed E-state index contributed by atoms with van der Waals surface area (Å²) in [6.07, 6.45) is 3.87. The van der Waals surface area contributed by atoms with Gasteiger partial charge >= 0.3 is 0 Å². The molecule has 0 saturated carbocycles. The molecule has 0 spiro atoms. The van der Waals surface area contributed by atoms with E-state index in [1.807, 2.05) is 49.3 Å². The molecule has 0 radical (unpaired) electrons. The smallest absolute Gasteiger partial charge is 0.271 e. The molecule has 4 aromatic rings. The second kappa shape index (κ2) is 8.42. The van der Waals surface area contributed by atoms with Crippen LogP contribution in [-0.2, 0) is 0 Å². The number of amides is 1. The van der Waals surface area contributed by atoms with Crippen LogP contribution < -0.4 is 10.1 Å². The fourth-order valence-electron chi connectivity index (χ4n) is 3.30. The Morgan fingerprint density at radius 1 is 1.10 bits per heavy atom. The third-order valence-corrected chi connectivity index (χ3v) is 4.93. The number of benzene rings is 1. The quantitative estimate of drug-likeness (QED) is 0.515. The largest absolute Gasteiger partial charge is 0.497 e. The van der Waals surface area contributed by atoms with Crippen LogP contribution in [-0.4, -0.2) is 59.3 Å². The number of fused-ring (bicyclic) bond motifs is 1. The summed E-state index contributed by atoms with van der Waals surface area (Å²) in [5, 5.41) is 7.37. The highest BCUT2D eigenvalue weighted by Crippen LogP contribution is 2.26. The highest BCUT2D eigenvalue weighted by atomic mass is 16.5. The van der Waals surface area contributed by atoms with Crippen molar-refractivity contribution in [2.24, 2.45) is 0 Å². The number of pyridine rings is 1. The van der Waals surface area contributed by atoms with E-state index in [2.05, 4.69) is 39.2 Å². The van der Waals surface area contributed by atoms with E-state index < -0.39 is 0 Å². The predicted molar refractivity (Wildman–Crippen MR) is 117 cm³/mol. The Morgan fingerprint density at radius 3 is 2.73 bits per heavy atom. The predicted octanol–water partition coefficient (Wildman–Crippen LogP) is 3.09. The molecule has 0 saturated heterocycles. The van der Waals surface area contributed by atoms with Gasteiger partial charge in [0, 0.05) is 31.0 Å². The molecule has 0 atom stereocenters. The third-order valence-electron chi connectivity index (χ3n) is 4.93. The van der Waals surface area contributed by atoms with Crippen molar-refractivity contribution in [2.45, 2.75) is 0 Å². The number of likely N-dealkylation sites (N-methyl/N-ethyl adjacent to an activating group) is 1. The van der Waals surface area contributed by atoms with E-state index in [1.54, 1.807) is 24.1 Å². The minimum Gasteiger partial charge on any atom is -0.497 e. The first kappa shape index (κ1) is 19.7. The number of rotatable bonds is 7. The summed E-state index contributed by atoms with van der Waals surface area (Å²) < 4.78 is 9.14. The number of methoxy groups -OCH3 is 1. The van der Waals surface area contributed by atoms with E-state index >= 15 is 0 Å². The van der Waals surface area contributed by atoms with Crippen molar-refractivity contribution < 1.29 is 9.53 Å². The van der Waals surface area contributed by atoms with E-state index in [9.17, 15) is 4.79 Å². The molecule has 1 N–H and O–H groups in total. The number of aromatic nitrogens is 3. The summed E-state index contributed by atoms with van der Waals surface area (Å²) in [5.41, 5.74) is 3.57. The van der Waals surface area contributed by atoms with Gasteiger partial charge in [0.15, 0.2) is 5.69 Å². The molecule has 154 valence electrons. The summed E-state index contributed by atoms with van der Waals surface area (Å²) in [6, 6.07) is 17.9. The van der Waals surface area contributed by atoms with Crippen LogP contribution in [0.3, 0.4) is 0 Å². The molecule has 0 fully saturated rings. The van der Waals surface area contributed by atoms with Crippen LogP contribution in [0.1, 0.15) is 10.5 Å². The van der Waals surface area contributed by atoms with Gasteiger partial charge in [0.05, 0.1) is 7.11 Å². The Morgan fingerprint density at radius 2 is 1.93 bits per heavy atom. The van der Waals surface area contributed by atoms with Crippen molar-refractivity contribution in [3.05, 3.63) is 72.7 Å². The van der Waals surface area contributed by atoms with Crippen LogP contribution in [0, 0.1) is 0 Å². The lowest BCUT2D eigenvalue weighted by Crippen LogP contribution is -2.31. The molecule has 1 aromatic carbocycles. The zero-order valence-electron chi connectivity index (χ0n) is 17.4. The molecular weight excluding hydrogens is 378 g/mol. The van der Waals surface area contributed by atoms with Gasteiger partial charge in [-0.15, -0.1) is 0 Å². The van der Waals surface area contributed by atoms with Gasteiger partial charge in [-0.05, 0) is 61.6 Å². The average Bonchev–Trinajstić information content (AvgIpc) is 3.40. The van der Waals surface area contributed by atoms with Gasteiger partial charge in [0.25, 0.3) is 5.91 Å². The van der Waals surface area contributed by atoms with Crippen LogP contribution in [0.15, 0.2) is 67.0 Å². The van der Waals surface area contributed by atoms with Gasteiger partial charge < -0.3 is 19.4 Å². The highest BCUT2D eigenvalue weighted by Gasteiger charge is 2.12. The van der Waals surface area contributed by atoms with Gasteiger partial charge in [0.2, 0.25) is 0 Å². The second-order valence-corrected chi connectivity index (χ2v) is 7.34. The lowest BCUT2D eigenvalue weighted by Gasteiger charge is -2.09. The third kappa shape index (κ3) is 4.06. The summed E-state index contributed by atoms with van der Waals surface area (Å²) in [4.78, 5) is 14.4. The van der Waals surface area contributed by atoms with Crippen molar-refractivity contribution in [2.75, 3.05) is 34.3 Å². The van der Waals surface area contributed by atoms with E-state index in [0.29, 0.717) is 12.2 Å². The van der Waals surface area contributed by atoms with Gasteiger partial charge in [-0.2, -0.15) is 5.10 Å². The minimum absolute atomic E-state index is 0.173. The topological polar surface area (TPSA) is 63.8 Å². The van der Waals surface area contributed by atoms with E-state index in [-0.39, 0.29) is 5.91 Å². The van der Waals surface area contributed by atoms with Gasteiger partial charge in [0.1, 0.15) is 11.6 Å². The highest BCUT2D eigenvalue weighted by molar-refractivity contribution is 5.92. The lowest BCUT2D eigenvalue weighted by molar-refractivity contribution is 0.0945. The van der Waals surface area contributed by atoms with Gasteiger partial charge in [-0.3, -0.25) is 4.79 Å². The van der Waals surface area contributed by atoms with Gasteiger partial charge in [-0.1, -0.05) is 18.2 Å². The molecule has 0 aliphatic rings. The fourth-order valence-corrected chi connectivity index (χ4v) is 3.30. The maximum Gasteiger partial charge on any atom is 0.271 e. The maximum absolute atomic E-state index is 12.3. The van der Waals surface area contributed by atoms with Crippen molar-refractivity contribution >= 4 is 11.4 Å². The van der Waals surface area contributed by atoms with Crippen LogP contribution in [0.2, 0.25) is 0 Å². The second-order valence-electron chi connectivity index (χ2n) is 7.34. The number of nitrogens with zero attached hydrogens (tertiary/aromatic N) is 4. The Bertz CT molecular complexity index is 1180. The number of nitrogens with one attached hydrogen (secondary N) is 1. The summed E-state index contributed by atoms with van der Waals surface area (Å²) in [5.74, 6) is 1.51. The number of carbonyl (C=O) groups excluding carboxylic acids is 1. The average molecular weight is 403 g/mol. The van der Waals surface area contributed by atoms with Gasteiger partial charge in [-0.25, -0.2) is 4.68 Å². The summed E-state index contributed by atoms with van der Waals surface area (Å²) in [6.45, 7) is 1.36. The number of ether oxygens (including phenoxy) is 1. The van der Waals surface area contributed by atoms with Crippen molar-refractivity contribution in [1.82, 2.24) is 24.4 Å². The molecule has 0 aliphatic carbocycles. The first-order valence-corrected chi connectivity index (χ1v) is 9.79. The Balaban J connectivity index is 1.62. The molecule has 3 aromatic heterocycles. The SMILES string of the molecule is COc1cccc(-c2ccc3ccc(-n4ccc(C(=O)NCCN(C)C)n4)n3c2)c1. The maximum atomic E-state index is 12.3. The van der Waals surface area contributed by atoms with Crippen LogP contribution in [0.5, 0.6) is 5.75 Å². The molecule has 4 rings (SSSR count). The normalized spacial score (nSPS) is 11.2. The minimum atomic E-state index is -0.173. The lowest BCUT2D eigenvalue weighted by atomic mass is 10.1. The fraction of sp³-hybridized carbons (Fsp3) is 0.217. The Hall–Kier alpha value is -3.58. The Labute approximate surface area is 175 Å². The standard InChI is InChI=1S/C23H25N5O2/c1-26(2)14-12-24-23(29)21-11-13-28(25-21)22-10-9-19-8-7-18(16-27(19)22)17-5-4-6-20(15-17)30-3/h4-11,13,15-16H,12,14H2,1-3H3,(H,24,29).